The number of hydrogen-bond acceptors (Lipinski definition) is 3. The third-order valence-electron chi connectivity index (χ3n) is 13.2. The van der Waals surface area contributed by atoms with E-state index in [1.807, 2.05) is 11.3 Å². The quantitative estimate of drug-likeness (QED) is 0.165. The van der Waals surface area contributed by atoms with Crippen molar-refractivity contribution in [2.24, 2.45) is 0 Å². The second-order valence-corrected chi connectivity index (χ2v) is 17.4. The molecular formula is C59H38N2S. The maximum atomic E-state index is 2.52. The van der Waals surface area contributed by atoms with E-state index in [4.69, 9.17) is 0 Å². The van der Waals surface area contributed by atoms with Crippen LogP contribution in [0, 0.1) is 0 Å². The van der Waals surface area contributed by atoms with Gasteiger partial charge in [-0.25, -0.2) is 0 Å². The van der Waals surface area contributed by atoms with Gasteiger partial charge in [-0.15, -0.1) is 11.3 Å². The van der Waals surface area contributed by atoms with Crippen molar-refractivity contribution in [1.82, 2.24) is 0 Å². The molecule has 0 saturated heterocycles. The molecule has 2 nitrogen and oxygen atoms in total. The van der Waals surface area contributed by atoms with Gasteiger partial charge in [0.25, 0.3) is 0 Å². The zero-order valence-corrected chi connectivity index (χ0v) is 34.6. The van der Waals surface area contributed by atoms with E-state index in [9.17, 15) is 0 Å². The van der Waals surface area contributed by atoms with Gasteiger partial charge in [0.1, 0.15) is 0 Å². The molecule has 62 heavy (non-hydrogen) atoms. The molecule has 0 aliphatic heterocycles. The van der Waals surface area contributed by atoms with Crippen LogP contribution in [-0.4, -0.2) is 0 Å². The normalized spacial score (nSPS) is 14.5. The molecule has 0 radical (unpaired) electrons. The largest absolute Gasteiger partial charge is 0.309 e. The Morgan fingerprint density at radius 3 is 1.53 bits per heavy atom. The van der Waals surface area contributed by atoms with Crippen molar-refractivity contribution in [1.29, 1.82) is 0 Å². The van der Waals surface area contributed by atoms with Gasteiger partial charge in [0, 0.05) is 53.7 Å². The molecule has 0 fully saturated rings. The van der Waals surface area contributed by atoms with E-state index < -0.39 is 5.41 Å². The van der Waals surface area contributed by atoms with Gasteiger partial charge in [0.2, 0.25) is 0 Å². The molecule has 1 atom stereocenters. The van der Waals surface area contributed by atoms with Crippen molar-refractivity contribution in [3.63, 3.8) is 0 Å². The molecule has 1 heterocycles. The number of fused-ring (bicyclic) bond motifs is 14. The smallest absolute Gasteiger partial charge is 0.0727 e. The predicted molar refractivity (Wildman–Crippen MR) is 263 cm³/mol. The van der Waals surface area contributed by atoms with Crippen LogP contribution >= 0.6 is 11.3 Å². The lowest BCUT2D eigenvalue weighted by Crippen LogP contribution is -2.26. The fourth-order valence-electron chi connectivity index (χ4n) is 10.9. The van der Waals surface area contributed by atoms with Crippen LogP contribution in [0.4, 0.5) is 34.1 Å². The average molecular weight is 807 g/mol. The number of nitrogens with zero attached hydrogens (tertiary/aromatic N) is 2. The molecule has 11 aromatic rings. The lowest BCUT2D eigenvalue weighted by atomic mass is 9.70. The summed E-state index contributed by atoms with van der Waals surface area (Å²) in [5.74, 6) is 0. The maximum absolute atomic E-state index is 2.52. The van der Waals surface area contributed by atoms with Crippen LogP contribution in [0.5, 0.6) is 0 Å². The zero-order valence-electron chi connectivity index (χ0n) is 33.7. The molecule has 1 aromatic heterocycles. The molecule has 3 heteroatoms. The summed E-state index contributed by atoms with van der Waals surface area (Å²) in [7, 11) is 0. The molecule has 2 aliphatic rings. The summed E-state index contributed by atoms with van der Waals surface area (Å²) in [6, 6.07) is 85.3. The van der Waals surface area contributed by atoms with Gasteiger partial charge in [0.15, 0.2) is 0 Å². The number of benzene rings is 10. The lowest BCUT2D eigenvalue weighted by Gasteiger charge is -2.33. The monoisotopic (exact) mass is 806 g/mol. The van der Waals surface area contributed by atoms with Crippen molar-refractivity contribution in [2.45, 2.75) is 5.41 Å². The first-order valence-corrected chi connectivity index (χ1v) is 22.2. The van der Waals surface area contributed by atoms with Gasteiger partial charge >= 0.3 is 0 Å². The highest BCUT2D eigenvalue weighted by Gasteiger charge is 2.53. The van der Waals surface area contributed by atoms with E-state index in [0.717, 1.165) is 17.1 Å². The summed E-state index contributed by atoms with van der Waals surface area (Å²) in [4.78, 5) is 5.01. The van der Waals surface area contributed by atoms with Crippen LogP contribution in [-0.2, 0) is 5.41 Å². The molecule has 290 valence electrons. The van der Waals surface area contributed by atoms with Gasteiger partial charge in [-0.1, -0.05) is 164 Å². The maximum Gasteiger partial charge on any atom is 0.0727 e. The second kappa shape index (κ2) is 13.7. The Morgan fingerprint density at radius 1 is 0.339 bits per heavy atom. The SMILES string of the molecule is c1ccc(N(c2ccccc2)c2c3c(cc4ccccc24)C2(c4ccccc4-c4c(N(c5ccccc5)c5cccc6sc7ccccc7c56)cccc42)c2ccccc2-3)cc1. The zero-order chi connectivity index (χ0) is 40.8. The van der Waals surface area contributed by atoms with Crippen LogP contribution in [0.15, 0.2) is 231 Å². The number of rotatable bonds is 6. The van der Waals surface area contributed by atoms with Gasteiger partial charge in [-0.2, -0.15) is 0 Å². The summed E-state index contributed by atoms with van der Waals surface area (Å²) in [6.45, 7) is 0. The third kappa shape index (κ3) is 4.85. The summed E-state index contributed by atoms with van der Waals surface area (Å²) in [5, 5.41) is 5.00. The first-order valence-electron chi connectivity index (χ1n) is 21.4. The molecule has 0 bridgehead atoms. The van der Waals surface area contributed by atoms with Crippen molar-refractivity contribution >= 4 is 76.4 Å². The van der Waals surface area contributed by atoms with Gasteiger partial charge in [-0.05, 0) is 105 Å². The van der Waals surface area contributed by atoms with Crippen LogP contribution in [0.2, 0.25) is 0 Å². The Balaban J connectivity index is 1.16. The fraction of sp³-hybridized carbons (Fsp3) is 0.0169. The lowest BCUT2D eigenvalue weighted by molar-refractivity contribution is 0.795. The third-order valence-corrected chi connectivity index (χ3v) is 14.3. The summed E-state index contributed by atoms with van der Waals surface area (Å²) in [6.07, 6.45) is 0. The first-order chi connectivity index (χ1) is 30.8. The van der Waals surface area contributed by atoms with Gasteiger partial charge < -0.3 is 9.80 Å². The first kappa shape index (κ1) is 35.1. The summed E-state index contributed by atoms with van der Waals surface area (Å²) in [5.41, 5.74) is 16.6. The summed E-state index contributed by atoms with van der Waals surface area (Å²) >= 11 is 1.87. The minimum absolute atomic E-state index is 0.588. The van der Waals surface area contributed by atoms with Crippen molar-refractivity contribution in [2.75, 3.05) is 9.80 Å². The molecule has 0 N–H and O–H groups in total. The molecule has 1 unspecified atom stereocenters. The van der Waals surface area contributed by atoms with E-state index >= 15 is 0 Å². The Morgan fingerprint density at radius 2 is 0.839 bits per heavy atom. The van der Waals surface area contributed by atoms with E-state index in [2.05, 4.69) is 240 Å². The van der Waals surface area contributed by atoms with Gasteiger partial charge in [0.05, 0.1) is 22.5 Å². The Kier molecular flexibility index (Phi) is 7.72. The topological polar surface area (TPSA) is 6.48 Å². The van der Waals surface area contributed by atoms with Crippen molar-refractivity contribution in [3.8, 4) is 22.3 Å². The highest BCUT2D eigenvalue weighted by atomic mass is 32.1. The number of hydrogen-bond donors (Lipinski definition) is 0. The highest BCUT2D eigenvalue weighted by Crippen LogP contribution is 2.67. The van der Waals surface area contributed by atoms with E-state index in [1.54, 1.807) is 0 Å². The molecule has 10 aromatic carbocycles. The average Bonchev–Trinajstić information content (AvgIpc) is 3.97. The molecule has 13 rings (SSSR count). The molecule has 0 amide bonds. The minimum Gasteiger partial charge on any atom is -0.309 e. The molecule has 0 saturated carbocycles. The van der Waals surface area contributed by atoms with E-state index in [0.29, 0.717) is 0 Å². The van der Waals surface area contributed by atoms with E-state index in [-0.39, 0.29) is 0 Å². The Labute approximate surface area is 364 Å². The predicted octanol–water partition coefficient (Wildman–Crippen LogP) is 16.5. The van der Waals surface area contributed by atoms with Crippen LogP contribution in [0.1, 0.15) is 22.3 Å². The Hall–Kier alpha value is -7.72. The van der Waals surface area contributed by atoms with Crippen molar-refractivity contribution in [3.05, 3.63) is 253 Å². The number of thiophene rings is 1. The van der Waals surface area contributed by atoms with Crippen LogP contribution in [0.25, 0.3) is 53.2 Å². The van der Waals surface area contributed by atoms with Crippen LogP contribution in [0.3, 0.4) is 0 Å². The Bertz CT molecular complexity index is 3500. The minimum atomic E-state index is -0.588. The highest BCUT2D eigenvalue weighted by molar-refractivity contribution is 7.26. The van der Waals surface area contributed by atoms with Crippen LogP contribution < -0.4 is 9.80 Å². The second-order valence-electron chi connectivity index (χ2n) is 16.3. The molecular weight excluding hydrogens is 769 g/mol. The fourth-order valence-corrected chi connectivity index (χ4v) is 12.0. The van der Waals surface area contributed by atoms with E-state index in [1.165, 1.54) is 92.5 Å². The number of anilines is 6. The number of para-hydroxylation sites is 3. The van der Waals surface area contributed by atoms with Gasteiger partial charge in [-0.3, -0.25) is 0 Å². The molecule has 2 aliphatic carbocycles. The van der Waals surface area contributed by atoms with Crippen molar-refractivity contribution < 1.29 is 0 Å². The molecule has 1 spiro atoms. The summed E-state index contributed by atoms with van der Waals surface area (Å²) < 4.78 is 2.58. The standard InChI is InChI=1S/C59H38N2S/c1-4-21-40(22-5-1)60(41-23-6-2-7-24-41)58-43-27-11-10-20-39(43)38-50-56(58)45-29-13-16-32-48(45)59(50)47-31-15-12-28-44(47)55-49(59)33-18-34-51(55)61(42-25-8-3-9-26-42)52-35-19-37-54-57(52)46-30-14-17-36-53(46)62-54/h1-38H.